The van der Waals surface area contributed by atoms with E-state index < -0.39 is 4.92 Å². The first kappa shape index (κ1) is 17.2. The number of nitro benzene ring substituents is 1. The molecule has 0 unspecified atom stereocenters. The Balaban J connectivity index is 0.00000289. The summed E-state index contributed by atoms with van der Waals surface area (Å²) >= 11 is 5.85. The molecular formula is C12H18Cl2N2O2. The number of hydrogen-bond donors (Lipinski definition) is 1. The Hall–Kier alpha value is -0.840. The van der Waals surface area contributed by atoms with Crippen LogP contribution in [0.15, 0.2) is 18.2 Å². The third kappa shape index (κ3) is 4.80. The highest BCUT2D eigenvalue weighted by molar-refractivity contribution is 6.30. The van der Waals surface area contributed by atoms with Crippen molar-refractivity contribution >= 4 is 29.7 Å². The highest BCUT2D eigenvalue weighted by Crippen LogP contribution is 2.29. The lowest BCUT2D eigenvalue weighted by Gasteiger charge is -2.13. The van der Waals surface area contributed by atoms with Crippen molar-refractivity contribution in [3.05, 3.63) is 38.9 Å². The van der Waals surface area contributed by atoms with E-state index in [-0.39, 0.29) is 24.1 Å². The van der Waals surface area contributed by atoms with Gasteiger partial charge >= 0.3 is 0 Å². The first-order valence-electron chi connectivity index (χ1n) is 5.61. The fourth-order valence-corrected chi connectivity index (χ4v) is 1.84. The Morgan fingerprint density at radius 1 is 1.39 bits per heavy atom. The summed E-state index contributed by atoms with van der Waals surface area (Å²) in [7, 11) is 0. The van der Waals surface area contributed by atoms with Crippen LogP contribution in [0.25, 0.3) is 0 Å². The largest absolute Gasteiger partial charge is 0.324 e. The van der Waals surface area contributed by atoms with E-state index >= 15 is 0 Å². The molecule has 1 aromatic carbocycles. The molecule has 0 bridgehead atoms. The van der Waals surface area contributed by atoms with Gasteiger partial charge in [0.05, 0.1) is 4.92 Å². The molecule has 0 spiro atoms. The van der Waals surface area contributed by atoms with Gasteiger partial charge < -0.3 is 5.73 Å². The van der Waals surface area contributed by atoms with Gasteiger partial charge in [-0.05, 0) is 30.9 Å². The summed E-state index contributed by atoms with van der Waals surface area (Å²) in [6.45, 7) is 4.19. The molecule has 0 aromatic heterocycles. The van der Waals surface area contributed by atoms with Crippen molar-refractivity contribution in [2.24, 2.45) is 11.7 Å². The predicted molar refractivity (Wildman–Crippen MR) is 76.4 cm³/mol. The third-order valence-electron chi connectivity index (χ3n) is 2.64. The van der Waals surface area contributed by atoms with Crippen LogP contribution in [0.1, 0.15) is 38.3 Å². The quantitative estimate of drug-likeness (QED) is 0.656. The van der Waals surface area contributed by atoms with E-state index in [0.29, 0.717) is 16.5 Å². The highest BCUT2D eigenvalue weighted by atomic mass is 35.5. The molecule has 1 rings (SSSR count). The van der Waals surface area contributed by atoms with Crippen LogP contribution in [0.3, 0.4) is 0 Å². The van der Waals surface area contributed by atoms with E-state index in [4.69, 9.17) is 17.3 Å². The summed E-state index contributed by atoms with van der Waals surface area (Å²) in [5.41, 5.74) is 6.55. The van der Waals surface area contributed by atoms with E-state index in [1.807, 2.05) is 0 Å². The first-order chi connectivity index (χ1) is 7.91. The van der Waals surface area contributed by atoms with E-state index in [2.05, 4.69) is 13.8 Å². The van der Waals surface area contributed by atoms with E-state index in [9.17, 15) is 10.1 Å². The van der Waals surface area contributed by atoms with Crippen molar-refractivity contribution in [1.29, 1.82) is 0 Å². The second-order valence-corrected chi connectivity index (χ2v) is 4.97. The molecule has 0 amide bonds. The third-order valence-corrected chi connectivity index (χ3v) is 2.88. The minimum Gasteiger partial charge on any atom is -0.324 e. The Kier molecular flexibility index (Phi) is 7.21. The summed E-state index contributed by atoms with van der Waals surface area (Å²) < 4.78 is 0. The minimum atomic E-state index is -0.416. The van der Waals surface area contributed by atoms with Gasteiger partial charge in [0, 0.05) is 22.7 Å². The number of nitrogens with zero attached hydrogens (tertiary/aromatic N) is 1. The summed E-state index contributed by atoms with van der Waals surface area (Å²) in [5.74, 6) is 0.527. The average Bonchev–Trinajstić information content (AvgIpc) is 2.25. The molecule has 0 aliphatic heterocycles. The lowest BCUT2D eigenvalue weighted by atomic mass is 9.97. The number of rotatable bonds is 5. The van der Waals surface area contributed by atoms with Gasteiger partial charge in [0.15, 0.2) is 0 Å². The molecule has 0 radical (unpaired) electrons. The van der Waals surface area contributed by atoms with Crippen molar-refractivity contribution in [3.63, 3.8) is 0 Å². The smallest absolute Gasteiger partial charge is 0.274 e. The molecule has 6 heteroatoms. The van der Waals surface area contributed by atoms with Gasteiger partial charge in [-0.3, -0.25) is 10.1 Å². The molecule has 2 N–H and O–H groups in total. The second-order valence-electron chi connectivity index (χ2n) is 4.54. The predicted octanol–water partition coefficient (Wildman–Crippen LogP) is 4.11. The van der Waals surface area contributed by atoms with Gasteiger partial charge in [0.25, 0.3) is 5.69 Å². The molecule has 0 saturated carbocycles. The monoisotopic (exact) mass is 292 g/mol. The fraction of sp³-hybridized carbons (Fsp3) is 0.500. The second kappa shape index (κ2) is 7.56. The van der Waals surface area contributed by atoms with Gasteiger partial charge in [-0.25, -0.2) is 0 Å². The lowest BCUT2D eigenvalue weighted by Crippen LogP contribution is -2.13. The van der Waals surface area contributed by atoms with E-state index in [0.717, 1.165) is 12.8 Å². The van der Waals surface area contributed by atoms with Crippen molar-refractivity contribution in [1.82, 2.24) is 0 Å². The summed E-state index contributed by atoms with van der Waals surface area (Å²) in [4.78, 5) is 10.5. The van der Waals surface area contributed by atoms with Gasteiger partial charge in [0.1, 0.15) is 0 Å². The van der Waals surface area contributed by atoms with Crippen molar-refractivity contribution in [3.8, 4) is 0 Å². The molecule has 0 heterocycles. The zero-order valence-electron chi connectivity index (χ0n) is 10.4. The maximum Gasteiger partial charge on any atom is 0.274 e. The topological polar surface area (TPSA) is 69.2 Å². The van der Waals surface area contributed by atoms with E-state index in [1.165, 1.54) is 12.1 Å². The Morgan fingerprint density at radius 3 is 2.50 bits per heavy atom. The highest BCUT2D eigenvalue weighted by Gasteiger charge is 2.19. The van der Waals surface area contributed by atoms with Gasteiger partial charge in [-0.2, -0.15) is 0 Å². The maximum atomic E-state index is 10.9. The summed E-state index contributed by atoms with van der Waals surface area (Å²) in [5, 5.41) is 11.4. The van der Waals surface area contributed by atoms with Gasteiger partial charge in [-0.1, -0.05) is 25.4 Å². The zero-order valence-corrected chi connectivity index (χ0v) is 12.0. The molecule has 4 nitrogen and oxygen atoms in total. The number of nitro groups is 1. The molecule has 0 aliphatic rings. The zero-order chi connectivity index (χ0) is 13.0. The minimum absolute atomic E-state index is 0. The standard InChI is InChI=1S/C12H17ClN2O2.ClH/c1-8(2)3-5-11(14)10-7-9(13)4-6-12(10)15(16)17;/h4,6-8,11H,3,5,14H2,1-2H3;1H/t11-;/m0./s1. The maximum absolute atomic E-state index is 10.9. The van der Waals surface area contributed by atoms with Crippen LogP contribution < -0.4 is 5.73 Å². The molecule has 18 heavy (non-hydrogen) atoms. The van der Waals surface area contributed by atoms with Crippen LogP contribution in [0, 0.1) is 16.0 Å². The van der Waals surface area contributed by atoms with Crippen LogP contribution in [-0.4, -0.2) is 4.92 Å². The normalized spacial score (nSPS) is 12.1. The number of benzene rings is 1. The number of nitrogens with two attached hydrogens (primary N) is 1. The van der Waals surface area contributed by atoms with E-state index in [1.54, 1.807) is 6.07 Å². The molecule has 1 aromatic rings. The first-order valence-corrected chi connectivity index (χ1v) is 5.99. The van der Waals surface area contributed by atoms with Gasteiger partial charge in [0.2, 0.25) is 0 Å². The van der Waals surface area contributed by atoms with Crippen LogP contribution in [0.5, 0.6) is 0 Å². The molecule has 0 fully saturated rings. The summed E-state index contributed by atoms with van der Waals surface area (Å²) in [6, 6.07) is 4.17. The SMILES string of the molecule is CC(C)CC[C@H](N)c1cc(Cl)ccc1[N+](=O)[O-].Cl. The number of hydrogen-bond acceptors (Lipinski definition) is 3. The van der Waals surface area contributed by atoms with Crippen LogP contribution in [0.4, 0.5) is 5.69 Å². The number of halogens is 2. The van der Waals surface area contributed by atoms with Crippen molar-refractivity contribution < 1.29 is 4.92 Å². The molecule has 1 atom stereocenters. The fourth-order valence-electron chi connectivity index (χ4n) is 1.66. The van der Waals surface area contributed by atoms with Crippen LogP contribution in [0.2, 0.25) is 5.02 Å². The molecule has 102 valence electrons. The summed E-state index contributed by atoms with van der Waals surface area (Å²) in [6.07, 6.45) is 1.66. The molecule has 0 aliphatic carbocycles. The van der Waals surface area contributed by atoms with Crippen molar-refractivity contribution in [2.45, 2.75) is 32.7 Å². The Morgan fingerprint density at radius 2 is 2.00 bits per heavy atom. The van der Waals surface area contributed by atoms with Crippen molar-refractivity contribution in [2.75, 3.05) is 0 Å². The Bertz CT molecular complexity index is 411. The van der Waals surface area contributed by atoms with Crippen LogP contribution in [-0.2, 0) is 0 Å². The molecular weight excluding hydrogens is 275 g/mol. The average molecular weight is 293 g/mol. The molecule has 0 saturated heterocycles. The van der Waals surface area contributed by atoms with Crippen LogP contribution >= 0.6 is 24.0 Å². The Labute approximate surface area is 118 Å². The lowest BCUT2D eigenvalue weighted by molar-refractivity contribution is -0.385. The van der Waals surface area contributed by atoms with Gasteiger partial charge in [-0.15, -0.1) is 12.4 Å².